The van der Waals surface area contributed by atoms with Gasteiger partial charge in [0.2, 0.25) is 5.13 Å². The molecule has 0 radical (unpaired) electrons. The molecule has 0 aromatic carbocycles. The predicted octanol–water partition coefficient (Wildman–Crippen LogP) is 1.58. The molecule has 2 heterocycles. The topological polar surface area (TPSA) is 75.5 Å². The lowest BCUT2D eigenvalue weighted by Gasteiger charge is -2.30. The third kappa shape index (κ3) is 4.32. The van der Waals surface area contributed by atoms with Crippen LogP contribution in [0.15, 0.2) is 4.34 Å². The van der Waals surface area contributed by atoms with Gasteiger partial charge in [-0.05, 0) is 18.8 Å². The molecule has 0 aliphatic carbocycles. The fraction of sp³-hybridized carbons (Fsp3) is 0.727. The zero-order valence-corrected chi connectivity index (χ0v) is 12.4. The van der Waals surface area contributed by atoms with Gasteiger partial charge >= 0.3 is 5.97 Å². The quantitative estimate of drug-likeness (QED) is 0.799. The van der Waals surface area contributed by atoms with Gasteiger partial charge in [-0.3, -0.25) is 4.79 Å². The molecule has 1 aromatic rings. The van der Waals surface area contributed by atoms with Crippen molar-refractivity contribution in [1.82, 2.24) is 10.2 Å². The first-order chi connectivity index (χ1) is 9.19. The third-order valence-corrected chi connectivity index (χ3v) is 5.10. The largest absolute Gasteiger partial charge is 0.481 e. The van der Waals surface area contributed by atoms with Crippen LogP contribution >= 0.6 is 23.1 Å². The Morgan fingerprint density at radius 2 is 2.26 bits per heavy atom. The van der Waals surface area contributed by atoms with Crippen LogP contribution in [0, 0.1) is 5.92 Å². The standard InChI is InChI=1S/C11H17N3O3S2/c1-17-6-8-2-4-14(5-3-8)10-12-13-11(19-10)18-7-9(15)16/h8H,2-7H2,1H3,(H,15,16). The van der Waals surface area contributed by atoms with Crippen molar-refractivity contribution in [2.75, 3.05) is 37.5 Å². The zero-order chi connectivity index (χ0) is 13.7. The number of nitrogens with zero attached hydrogens (tertiary/aromatic N) is 3. The van der Waals surface area contributed by atoms with Gasteiger partial charge < -0.3 is 14.7 Å². The van der Waals surface area contributed by atoms with Crippen molar-refractivity contribution in [3.05, 3.63) is 0 Å². The molecular formula is C11H17N3O3S2. The first kappa shape index (κ1) is 14.5. The SMILES string of the molecule is COCC1CCN(c2nnc(SCC(=O)O)s2)CC1. The molecule has 8 heteroatoms. The van der Waals surface area contributed by atoms with Gasteiger partial charge in [0.05, 0.1) is 5.75 Å². The smallest absolute Gasteiger partial charge is 0.313 e. The van der Waals surface area contributed by atoms with Crippen LogP contribution in [-0.4, -0.2) is 53.8 Å². The minimum absolute atomic E-state index is 0.0323. The molecule has 2 rings (SSSR count). The molecule has 1 saturated heterocycles. The fourth-order valence-electron chi connectivity index (χ4n) is 2.04. The van der Waals surface area contributed by atoms with E-state index >= 15 is 0 Å². The fourth-order valence-corrected chi connectivity index (χ4v) is 3.65. The molecule has 19 heavy (non-hydrogen) atoms. The number of piperidine rings is 1. The van der Waals surface area contributed by atoms with Crippen molar-refractivity contribution in [1.29, 1.82) is 0 Å². The number of carboxylic acid groups (broad SMARTS) is 1. The Hall–Kier alpha value is -0.860. The summed E-state index contributed by atoms with van der Waals surface area (Å²) < 4.78 is 5.90. The molecule has 0 saturated carbocycles. The molecule has 6 nitrogen and oxygen atoms in total. The average molecular weight is 303 g/mol. The van der Waals surface area contributed by atoms with E-state index in [1.54, 1.807) is 7.11 Å². The van der Waals surface area contributed by atoms with E-state index in [-0.39, 0.29) is 5.75 Å². The summed E-state index contributed by atoms with van der Waals surface area (Å²) in [6, 6.07) is 0. The third-order valence-electron chi connectivity index (χ3n) is 3.00. The van der Waals surface area contributed by atoms with Gasteiger partial charge in [-0.15, -0.1) is 10.2 Å². The lowest BCUT2D eigenvalue weighted by atomic mass is 9.98. The van der Waals surface area contributed by atoms with Crippen LogP contribution in [0.3, 0.4) is 0 Å². The summed E-state index contributed by atoms with van der Waals surface area (Å²) in [5.74, 6) is -0.165. The van der Waals surface area contributed by atoms with Crippen molar-refractivity contribution < 1.29 is 14.6 Å². The Kier molecular flexibility index (Phi) is 5.41. The van der Waals surface area contributed by atoms with Gasteiger partial charge in [-0.25, -0.2) is 0 Å². The van der Waals surface area contributed by atoms with Crippen LogP contribution in [0.1, 0.15) is 12.8 Å². The molecular weight excluding hydrogens is 286 g/mol. The average Bonchev–Trinajstić information content (AvgIpc) is 2.86. The highest BCUT2D eigenvalue weighted by Crippen LogP contribution is 2.30. The van der Waals surface area contributed by atoms with Gasteiger partial charge in [0, 0.05) is 26.8 Å². The first-order valence-electron chi connectivity index (χ1n) is 6.11. The number of carbonyl (C=O) groups is 1. The van der Waals surface area contributed by atoms with Crippen LogP contribution in [-0.2, 0) is 9.53 Å². The van der Waals surface area contributed by atoms with E-state index in [4.69, 9.17) is 9.84 Å². The monoisotopic (exact) mass is 303 g/mol. The summed E-state index contributed by atoms with van der Waals surface area (Å²) >= 11 is 2.69. The highest BCUT2D eigenvalue weighted by molar-refractivity contribution is 8.01. The van der Waals surface area contributed by atoms with E-state index in [9.17, 15) is 4.79 Å². The summed E-state index contributed by atoms with van der Waals surface area (Å²) in [5.41, 5.74) is 0. The first-order valence-corrected chi connectivity index (χ1v) is 7.91. The number of hydrogen-bond acceptors (Lipinski definition) is 7. The Labute approximate surface area is 120 Å². The maximum absolute atomic E-state index is 10.5. The van der Waals surface area contributed by atoms with Crippen LogP contribution in [0.2, 0.25) is 0 Å². The van der Waals surface area contributed by atoms with Gasteiger partial charge in [0.15, 0.2) is 4.34 Å². The van der Waals surface area contributed by atoms with Crippen molar-refractivity contribution in [3.63, 3.8) is 0 Å². The Bertz CT molecular complexity index is 419. The molecule has 106 valence electrons. The minimum Gasteiger partial charge on any atom is -0.481 e. The van der Waals surface area contributed by atoms with Gasteiger partial charge in [-0.2, -0.15) is 0 Å². The number of thioether (sulfide) groups is 1. The van der Waals surface area contributed by atoms with Crippen LogP contribution in [0.5, 0.6) is 0 Å². The van der Waals surface area contributed by atoms with E-state index in [0.717, 1.165) is 42.0 Å². The van der Waals surface area contributed by atoms with E-state index in [1.165, 1.54) is 23.1 Å². The Morgan fingerprint density at radius 1 is 1.53 bits per heavy atom. The van der Waals surface area contributed by atoms with Crippen LogP contribution in [0.4, 0.5) is 5.13 Å². The van der Waals surface area contributed by atoms with Gasteiger partial charge in [0.1, 0.15) is 0 Å². The molecule has 1 N–H and O–H groups in total. The molecule has 1 aliphatic rings. The lowest BCUT2D eigenvalue weighted by molar-refractivity contribution is -0.133. The maximum atomic E-state index is 10.5. The Morgan fingerprint density at radius 3 is 2.89 bits per heavy atom. The predicted molar refractivity (Wildman–Crippen MR) is 75.1 cm³/mol. The number of aromatic nitrogens is 2. The minimum atomic E-state index is -0.831. The molecule has 1 aromatic heterocycles. The summed E-state index contributed by atoms with van der Waals surface area (Å²) in [5, 5.41) is 17.7. The highest BCUT2D eigenvalue weighted by atomic mass is 32.2. The number of aliphatic carboxylic acids is 1. The lowest BCUT2D eigenvalue weighted by Crippen LogP contribution is -2.34. The van der Waals surface area contributed by atoms with E-state index in [0.29, 0.717) is 5.92 Å². The van der Waals surface area contributed by atoms with Gasteiger partial charge in [0.25, 0.3) is 0 Å². The summed E-state index contributed by atoms with van der Waals surface area (Å²) in [6.45, 7) is 2.75. The number of methoxy groups -OCH3 is 1. The number of carboxylic acids is 1. The second kappa shape index (κ2) is 7.06. The number of rotatable bonds is 6. The van der Waals surface area contributed by atoms with E-state index in [2.05, 4.69) is 15.1 Å². The zero-order valence-electron chi connectivity index (χ0n) is 10.7. The van der Waals surface area contributed by atoms with Crippen molar-refractivity contribution in [3.8, 4) is 0 Å². The summed E-state index contributed by atoms with van der Waals surface area (Å²) in [4.78, 5) is 12.7. The Balaban J connectivity index is 1.84. The van der Waals surface area contributed by atoms with Crippen molar-refractivity contribution >= 4 is 34.2 Å². The molecule has 1 aliphatic heterocycles. The number of ether oxygens (including phenoxy) is 1. The number of hydrogen-bond donors (Lipinski definition) is 1. The van der Waals surface area contributed by atoms with Crippen LogP contribution in [0.25, 0.3) is 0 Å². The second-order valence-electron chi connectivity index (χ2n) is 4.42. The molecule has 1 fully saturated rings. The van der Waals surface area contributed by atoms with Crippen molar-refractivity contribution in [2.45, 2.75) is 17.2 Å². The molecule has 0 spiro atoms. The molecule has 0 atom stereocenters. The second-order valence-corrected chi connectivity index (χ2v) is 6.60. The summed E-state index contributed by atoms with van der Waals surface area (Å²) in [7, 11) is 1.74. The van der Waals surface area contributed by atoms with E-state index < -0.39 is 5.97 Å². The normalized spacial score (nSPS) is 16.8. The molecule has 0 amide bonds. The number of anilines is 1. The summed E-state index contributed by atoms with van der Waals surface area (Å²) in [6.07, 6.45) is 2.20. The van der Waals surface area contributed by atoms with Crippen molar-refractivity contribution in [2.24, 2.45) is 5.92 Å². The molecule has 0 bridgehead atoms. The van der Waals surface area contributed by atoms with Crippen LogP contribution < -0.4 is 4.90 Å². The van der Waals surface area contributed by atoms with E-state index in [1.807, 2.05) is 0 Å². The highest BCUT2D eigenvalue weighted by Gasteiger charge is 2.21. The molecule has 0 unspecified atom stereocenters. The van der Waals surface area contributed by atoms with Gasteiger partial charge in [-0.1, -0.05) is 23.1 Å². The maximum Gasteiger partial charge on any atom is 0.313 e.